The molecule has 19 heavy (non-hydrogen) atoms. The van der Waals surface area contributed by atoms with E-state index in [0.717, 1.165) is 38.5 Å². The summed E-state index contributed by atoms with van der Waals surface area (Å²) >= 11 is 0. The summed E-state index contributed by atoms with van der Waals surface area (Å²) < 4.78 is 0. The maximum Gasteiger partial charge on any atom is 0.315 e. The van der Waals surface area contributed by atoms with Gasteiger partial charge in [-0.2, -0.15) is 0 Å². The average molecular weight is 266 g/mol. The van der Waals surface area contributed by atoms with E-state index in [4.69, 9.17) is 5.11 Å². The van der Waals surface area contributed by atoms with Gasteiger partial charge in [0.05, 0.1) is 5.92 Å². The molecule has 1 fully saturated rings. The zero-order chi connectivity index (χ0) is 13.7. The van der Waals surface area contributed by atoms with Crippen molar-refractivity contribution in [3.8, 4) is 0 Å². The van der Waals surface area contributed by atoms with Crippen LogP contribution < -0.4 is 10.6 Å². The number of carbonyl (C=O) groups is 2. The number of rotatable bonds is 4. The summed E-state index contributed by atoms with van der Waals surface area (Å²) in [6.07, 6.45) is 9.24. The van der Waals surface area contributed by atoms with Gasteiger partial charge in [0.1, 0.15) is 0 Å². The number of carbonyl (C=O) groups excluding carboxylic acids is 1. The number of carboxylic acid groups (broad SMARTS) is 1. The van der Waals surface area contributed by atoms with Crippen molar-refractivity contribution in [2.24, 2.45) is 11.8 Å². The Morgan fingerprint density at radius 3 is 2.32 bits per heavy atom. The van der Waals surface area contributed by atoms with Gasteiger partial charge in [-0.15, -0.1) is 0 Å². The van der Waals surface area contributed by atoms with Crippen molar-refractivity contribution in [1.29, 1.82) is 0 Å². The van der Waals surface area contributed by atoms with E-state index in [9.17, 15) is 9.59 Å². The van der Waals surface area contributed by atoms with Gasteiger partial charge in [0, 0.05) is 12.6 Å². The van der Waals surface area contributed by atoms with Crippen LogP contribution >= 0.6 is 0 Å². The summed E-state index contributed by atoms with van der Waals surface area (Å²) in [6, 6.07) is 0.136. The molecular weight excluding hydrogens is 244 g/mol. The Morgan fingerprint density at radius 2 is 1.74 bits per heavy atom. The van der Waals surface area contributed by atoms with Crippen LogP contribution in [0.4, 0.5) is 4.79 Å². The molecule has 0 aromatic carbocycles. The molecule has 0 heterocycles. The van der Waals surface area contributed by atoms with Crippen molar-refractivity contribution in [3.05, 3.63) is 12.2 Å². The molecule has 5 nitrogen and oxygen atoms in total. The lowest BCUT2D eigenvalue weighted by atomic mass is 9.82. The van der Waals surface area contributed by atoms with E-state index in [1.807, 2.05) is 0 Å². The summed E-state index contributed by atoms with van der Waals surface area (Å²) in [4.78, 5) is 22.5. The zero-order valence-electron chi connectivity index (χ0n) is 11.1. The Balaban J connectivity index is 1.60. The Morgan fingerprint density at radius 1 is 1.11 bits per heavy atom. The van der Waals surface area contributed by atoms with Gasteiger partial charge in [-0.05, 0) is 44.4 Å². The molecule has 0 spiro atoms. The first kappa shape index (κ1) is 13.9. The summed E-state index contributed by atoms with van der Waals surface area (Å²) in [7, 11) is 0. The second-order valence-corrected chi connectivity index (χ2v) is 5.55. The topological polar surface area (TPSA) is 78.4 Å². The van der Waals surface area contributed by atoms with Crippen LogP contribution in [0.1, 0.15) is 38.5 Å². The highest BCUT2D eigenvalue weighted by atomic mass is 16.4. The van der Waals surface area contributed by atoms with Gasteiger partial charge in [0.15, 0.2) is 0 Å². The highest BCUT2D eigenvalue weighted by Gasteiger charge is 2.26. The molecule has 0 aromatic heterocycles. The lowest BCUT2D eigenvalue weighted by molar-refractivity contribution is -0.143. The van der Waals surface area contributed by atoms with E-state index >= 15 is 0 Å². The maximum absolute atomic E-state index is 11.7. The molecule has 2 amide bonds. The second kappa shape index (κ2) is 6.59. The molecule has 0 atom stereocenters. The van der Waals surface area contributed by atoms with E-state index in [-0.39, 0.29) is 18.0 Å². The monoisotopic (exact) mass is 266 g/mol. The lowest BCUT2D eigenvalue weighted by Gasteiger charge is -2.26. The molecule has 1 saturated carbocycles. The third-order valence-corrected chi connectivity index (χ3v) is 4.09. The molecule has 3 N–H and O–H groups in total. The third kappa shape index (κ3) is 4.26. The van der Waals surface area contributed by atoms with E-state index in [0.29, 0.717) is 12.5 Å². The quantitative estimate of drug-likeness (QED) is 0.680. The van der Waals surface area contributed by atoms with Crippen LogP contribution in [-0.2, 0) is 4.79 Å². The summed E-state index contributed by atoms with van der Waals surface area (Å²) in [5.41, 5.74) is 0. The average Bonchev–Trinajstić information content (AvgIpc) is 2.89. The van der Waals surface area contributed by atoms with E-state index in [1.54, 1.807) is 0 Å². The lowest BCUT2D eigenvalue weighted by Crippen LogP contribution is -2.43. The second-order valence-electron chi connectivity index (χ2n) is 5.55. The largest absolute Gasteiger partial charge is 0.481 e. The number of amides is 2. The van der Waals surface area contributed by atoms with Crippen molar-refractivity contribution in [2.45, 2.75) is 44.6 Å². The van der Waals surface area contributed by atoms with Crippen LogP contribution in [0.3, 0.4) is 0 Å². The first-order valence-electron chi connectivity index (χ1n) is 7.07. The molecule has 0 radical (unpaired) electrons. The summed E-state index contributed by atoms with van der Waals surface area (Å²) in [5, 5.41) is 14.8. The molecule has 5 heteroatoms. The predicted molar refractivity (Wildman–Crippen MR) is 71.8 cm³/mol. The van der Waals surface area contributed by atoms with Gasteiger partial charge in [-0.1, -0.05) is 12.2 Å². The molecule has 0 bridgehead atoms. The molecule has 2 aliphatic rings. The van der Waals surface area contributed by atoms with Crippen LogP contribution in [0.15, 0.2) is 12.2 Å². The molecule has 0 aliphatic heterocycles. The first-order valence-corrected chi connectivity index (χ1v) is 7.07. The highest BCUT2D eigenvalue weighted by molar-refractivity contribution is 5.74. The minimum atomic E-state index is -0.683. The highest BCUT2D eigenvalue weighted by Crippen LogP contribution is 2.28. The van der Waals surface area contributed by atoms with Gasteiger partial charge in [-0.3, -0.25) is 4.79 Å². The fraction of sp³-hybridized carbons (Fsp3) is 0.714. The molecule has 2 rings (SSSR count). The van der Waals surface area contributed by atoms with Crippen LogP contribution in [0.2, 0.25) is 0 Å². The molecule has 0 saturated heterocycles. The number of hydrogen-bond donors (Lipinski definition) is 3. The fourth-order valence-electron chi connectivity index (χ4n) is 2.82. The van der Waals surface area contributed by atoms with Crippen LogP contribution in [0.25, 0.3) is 0 Å². The number of carboxylic acids is 1. The van der Waals surface area contributed by atoms with Crippen molar-refractivity contribution in [3.63, 3.8) is 0 Å². The molecule has 0 unspecified atom stereocenters. The Hall–Kier alpha value is -1.52. The minimum absolute atomic E-state index is 0.103. The van der Waals surface area contributed by atoms with Gasteiger partial charge >= 0.3 is 12.0 Å². The minimum Gasteiger partial charge on any atom is -0.481 e. The Bertz CT molecular complexity index is 352. The van der Waals surface area contributed by atoms with E-state index in [2.05, 4.69) is 22.8 Å². The van der Waals surface area contributed by atoms with Gasteiger partial charge in [0.2, 0.25) is 0 Å². The number of urea groups is 1. The Labute approximate surface area is 113 Å². The fourth-order valence-corrected chi connectivity index (χ4v) is 2.82. The Kier molecular flexibility index (Phi) is 4.82. The maximum atomic E-state index is 11.7. The molecule has 106 valence electrons. The number of aliphatic carboxylic acids is 1. The zero-order valence-corrected chi connectivity index (χ0v) is 11.1. The van der Waals surface area contributed by atoms with Crippen LogP contribution in [-0.4, -0.2) is 29.7 Å². The number of nitrogens with one attached hydrogen (secondary N) is 2. The van der Waals surface area contributed by atoms with Gasteiger partial charge < -0.3 is 15.7 Å². The third-order valence-electron chi connectivity index (χ3n) is 4.09. The van der Waals surface area contributed by atoms with Crippen LogP contribution in [0.5, 0.6) is 0 Å². The predicted octanol–water partition coefficient (Wildman–Crippen LogP) is 1.90. The number of hydrogen-bond acceptors (Lipinski definition) is 2. The molecule has 0 aromatic rings. The van der Waals surface area contributed by atoms with Crippen molar-refractivity contribution in [2.75, 3.05) is 6.54 Å². The standard InChI is InChI=1S/C14H22N2O3/c17-13(18)11-7-5-10(6-8-11)9-15-14(19)16-12-3-1-2-4-12/h1-2,10-12H,3-9H2,(H,17,18)(H2,15,16,19). The van der Waals surface area contributed by atoms with Gasteiger partial charge in [-0.25, -0.2) is 4.79 Å². The summed E-state index contributed by atoms with van der Waals surface area (Å²) in [6.45, 7) is 0.651. The SMILES string of the molecule is O=C(NCC1CCC(C(=O)O)CC1)NC1CC=CC1. The van der Waals surface area contributed by atoms with Crippen molar-refractivity contribution >= 4 is 12.0 Å². The smallest absolute Gasteiger partial charge is 0.315 e. The summed E-state index contributed by atoms with van der Waals surface area (Å²) in [5.74, 6) is -0.449. The van der Waals surface area contributed by atoms with Crippen LogP contribution in [0, 0.1) is 11.8 Å². The first-order chi connectivity index (χ1) is 9.15. The van der Waals surface area contributed by atoms with E-state index in [1.165, 1.54) is 0 Å². The normalized spacial score (nSPS) is 27.2. The molecule has 2 aliphatic carbocycles. The van der Waals surface area contributed by atoms with Gasteiger partial charge in [0.25, 0.3) is 0 Å². The molecular formula is C14H22N2O3. The van der Waals surface area contributed by atoms with E-state index < -0.39 is 5.97 Å². The van der Waals surface area contributed by atoms with Crippen molar-refractivity contribution in [1.82, 2.24) is 10.6 Å². The van der Waals surface area contributed by atoms with Crippen molar-refractivity contribution < 1.29 is 14.7 Å².